The first-order valence-corrected chi connectivity index (χ1v) is 8.70. The Balaban J connectivity index is 0.00000242. The molecule has 0 aliphatic carbocycles. The van der Waals surface area contributed by atoms with E-state index in [2.05, 4.69) is 0 Å². The first-order valence-electron chi connectivity index (χ1n) is 7.26. The smallest absolute Gasteiger partial charge is 0.243 e. The predicted octanol–water partition coefficient (Wildman–Crippen LogP) is 2.61. The summed E-state index contributed by atoms with van der Waals surface area (Å²) in [5.41, 5.74) is 6.83. The van der Waals surface area contributed by atoms with Crippen LogP contribution in [-0.2, 0) is 10.0 Å². The average Bonchev–Trinajstić information content (AvgIpc) is 2.37. The number of benzene rings is 1. The van der Waals surface area contributed by atoms with E-state index in [0.29, 0.717) is 24.2 Å². The fraction of sp³-hybridized carbons (Fsp3) is 0.600. The lowest BCUT2D eigenvalue weighted by Crippen LogP contribution is -2.45. The molecule has 1 aliphatic heterocycles. The quantitative estimate of drug-likeness (QED) is 0.911. The van der Waals surface area contributed by atoms with Crippen molar-refractivity contribution in [2.45, 2.75) is 44.6 Å². The van der Waals surface area contributed by atoms with Crippen molar-refractivity contribution in [1.82, 2.24) is 4.31 Å². The minimum absolute atomic E-state index is 0. The van der Waals surface area contributed by atoms with Crippen LogP contribution in [0.1, 0.15) is 30.9 Å². The number of nitrogens with zero attached hydrogens (tertiary/aromatic N) is 1. The van der Waals surface area contributed by atoms with E-state index in [4.69, 9.17) is 5.73 Å². The second kappa shape index (κ2) is 7.25. The molecular formula is C15H24ClFN2O2S. The number of hydrogen-bond acceptors (Lipinski definition) is 3. The SMILES string of the molecule is Cc1cc(F)cc(C)c1S(=O)(=O)N1CCCC(C(C)N)C1.Cl. The van der Waals surface area contributed by atoms with Gasteiger partial charge in [0.05, 0.1) is 4.90 Å². The van der Waals surface area contributed by atoms with E-state index in [0.717, 1.165) is 12.8 Å². The van der Waals surface area contributed by atoms with E-state index in [-0.39, 0.29) is 29.3 Å². The molecule has 0 radical (unpaired) electrons. The molecule has 0 spiro atoms. The number of sulfonamides is 1. The van der Waals surface area contributed by atoms with E-state index in [1.54, 1.807) is 13.8 Å². The molecule has 1 aromatic carbocycles. The van der Waals surface area contributed by atoms with Crippen LogP contribution in [0.2, 0.25) is 0 Å². The lowest BCUT2D eigenvalue weighted by Gasteiger charge is -2.34. The molecule has 0 amide bonds. The molecule has 2 rings (SSSR count). The number of aryl methyl sites for hydroxylation is 2. The lowest BCUT2D eigenvalue weighted by atomic mass is 9.93. The van der Waals surface area contributed by atoms with Crippen molar-refractivity contribution in [3.63, 3.8) is 0 Å². The highest BCUT2D eigenvalue weighted by Crippen LogP contribution is 2.29. The molecule has 7 heteroatoms. The van der Waals surface area contributed by atoms with Crippen molar-refractivity contribution in [3.8, 4) is 0 Å². The van der Waals surface area contributed by atoms with Crippen molar-refractivity contribution < 1.29 is 12.8 Å². The highest BCUT2D eigenvalue weighted by molar-refractivity contribution is 7.89. The molecule has 2 unspecified atom stereocenters. The van der Waals surface area contributed by atoms with E-state index in [1.165, 1.54) is 16.4 Å². The van der Waals surface area contributed by atoms with Crippen molar-refractivity contribution in [2.75, 3.05) is 13.1 Å². The van der Waals surface area contributed by atoms with Gasteiger partial charge in [-0.05, 0) is 62.8 Å². The van der Waals surface area contributed by atoms with Crippen LogP contribution in [0.25, 0.3) is 0 Å². The van der Waals surface area contributed by atoms with Gasteiger partial charge in [-0.15, -0.1) is 12.4 Å². The Morgan fingerprint density at radius 3 is 2.36 bits per heavy atom. The summed E-state index contributed by atoms with van der Waals surface area (Å²) in [6.07, 6.45) is 1.76. The molecular weight excluding hydrogens is 327 g/mol. The fourth-order valence-electron chi connectivity index (χ4n) is 3.05. The topological polar surface area (TPSA) is 63.4 Å². The van der Waals surface area contributed by atoms with Crippen LogP contribution >= 0.6 is 12.4 Å². The molecule has 2 atom stereocenters. The van der Waals surface area contributed by atoms with Crippen LogP contribution in [0.4, 0.5) is 4.39 Å². The number of rotatable bonds is 3. The van der Waals surface area contributed by atoms with Crippen LogP contribution in [0.5, 0.6) is 0 Å². The number of halogens is 2. The van der Waals surface area contributed by atoms with Gasteiger partial charge in [0, 0.05) is 19.1 Å². The Morgan fingerprint density at radius 2 is 1.86 bits per heavy atom. The first kappa shape index (κ1) is 19.4. The Bertz CT molecular complexity index is 611. The standard InChI is InChI=1S/C15H23FN2O2S.ClH/c1-10-7-14(16)8-11(2)15(10)21(19,20)18-6-4-5-13(9-18)12(3)17;/h7-8,12-13H,4-6,9,17H2,1-3H3;1H. The molecule has 0 aromatic heterocycles. The average molecular weight is 351 g/mol. The summed E-state index contributed by atoms with van der Waals surface area (Å²) in [4.78, 5) is 0.231. The Morgan fingerprint density at radius 1 is 1.32 bits per heavy atom. The minimum atomic E-state index is -3.60. The van der Waals surface area contributed by atoms with Gasteiger partial charge in [0.2, 0.25) is 10.0 Å². The molecule has 1 fully saturated rings. The van der Waals surface area contributed by atoms with Gasteiger partial charge in [-0.2, -0.15) is 4.31 Å². The van der Waals surface area contributed by atoms with E-state index >= 15 is 0 Å². The van der Waals surface area contributed by atoms with Crippen LogP contribution in [0.3, 0.4) is 0 Å². The van der Waals surface area contributed by atoms with Gasteiger partial charge in [-0.25, -0.2) is 12.8 Å². The maximum atomic E-state index is 13.4. The zero-order valence-electron chi connectivity index (χ0n) is 13.2. The van der Waals surface area contributed by atoms with E-state index < -0.39 is 15.8 Å². The molecule has 1 aliphatic rings. The molecule has 1 saturated heterocycles. The van der Waals surface area contributed by atoms with Crippen molar-refractivity contribution in [3.05, 3.63) is 29.1 Å². The molecule has 1 heterocycles. The Kier molecular flexibility index (Phi) is 6.38. The largest absolute Gasteiger partial charge is 0.328 e. The molecule has 1 aromatic rings. The van der Waals surface area contributed by atoms with Gasteiger partial charge in [0.15, 0.2) is 0 Å². The second-order valence-electron chi connectivity index (χ2n) is 5.99. The predicted molar refractivity (Wildman–Crippen MR) is 88.3 cm³/mol. The summed E-state index contributed by atoms with van der Waals surface area (Å²) >= 11 is 0. The number of piperidine rings is 1. The van der Waals surface area contributed by atoms with Crippen LogP contribution < -0.4 is 5.73 Å². The first-order chi connectivity index (χ1) is 9.73. The molecule has 0 saturated carbocycles. The molecule has 2 N–H and O–H groups in total. The van der Waals surface area contributed by atoms with E-state index in [1.807, 2.05) is 6.92 Å². The van der Waals surface area contributed by atoms with Gasteiger partial charge in [-0.3, -0.25) is 0 Å². The monoisotopic (exact) mass is 350 g/mol. The molecule has 22 heavy (non-hydrogen) atoms. The summed E-state index contributed by atoms with van der Waals surface area (Å²) in [5.74, 6) is -0.231. The van der Waals surface area contributed by atoms with Crippen LogP contribution in [-0.4, -0.2) is 31.9 Å². The zero-order chi connectivity index (χ0) is 15.8. The van der Waals surface area contributed by atoms with Crippen molar-refractivity contribution >= 4 is 22.4 Å². The number of nitrogens with two attached hydrogens (primary N) is 1. The highest BCUT2D eigenvalue weighted by atomic mass is 35.5. The van der Waals surface area contributed by atoms with Gasteiger partial charge in [0.25, 0.3) is 0 Å². The summed E-state index contributed by atoms with van der Waals surface area (Å²) in [6, 6.07) is 2.51. The third kappa shape index (κ3) is 3.79. The van der Waals surface area contributed by atoms with Crippen LogP contribution in [0.15, 0.2) is 17.0 Å². The highest BCUT2D eigenvalue weighted by Gasteiger charge is 2.33. The van der Waals surface area contributed by atoms with Gasteiger partial charge in [-0.1, -0.05) is 0 Å². The molecule has 4 nitrogen and oxygen atoms in total. The normalized spacial score (nSPS) is 21.2. The summed E-state index contributed by atoms with van der Waals surface area (Å²) in [5, 5.41) is 0. The maximum absolute atomic E-state index is 13.4. The summed E-state index contributed by atoms with van der Waals surface area (Å²) in [7, 11) is -3.60. The maximum Gasteiger partial charge on any atom is 0.243 e. The summed E-state index contributed by atoms with van der Waals surface area (Å²) < 4.78 is 40.6. The van der Waals surface area contributed by atoms with Gasteiger partial charge in [0.1, 0.15) is 5.82 Å². The summed E-state index contributed by atoms with van der Waals surface area (Å²) in [6.45, 7) is 6.12. The molecule has 126 valence electrons. The van der Waals surface area contributed by atoms with Gasteiger partial charge >= 0.3 is 0 Å². The zero-order valence-corrected chi connectivity index (χ0v) is 14.8. The third-order valence-corrected chi connectivity index (χ3v) is 6.36. The van der Waals surface area contributed by atoms with Crippen LogP contribution in [0, 0.1) is 25.6 Å². The van der Waals surface area contributed by atoms with E-state index in [9.17, 15) is 12.8 Å². The van der Waals surface area contributed by atoms with Crippen molar-refractivity contribution in [1.29, 1.82) is 0 Å². The third-order valence-electron chi connectivity index (χ3n) is 4.19. The lowest BCUT2D eigenvalue weighted by molar-refractivity contribution is 0.243. The van der Waals surface area contributed by atoms with Crippen molar-refractivity contribution in [2.24, 2.45) is 11.7 Å². The number of hydrogen-bond donors (Lipinski definition) is 1. The van der Waals surface area contributed by atoms with Gasteiger partial charge < -0.3 is 5.73 Å². The fourth-order valence-corrected chi connectivity index (χ4v) is 5.00. The Labute approximate surface area is 138 Å². The Hall–Kier alpha value is -0.690. The minimum Gasteiger partial charge on any atom is -0.328 e. The molecule has 0 bridgehead atoms. The second-order valence-corrected chi connectivity index (χ2v) is 7.87.